The molecule has 5 heteroatoms. The molecule has 21 heavy (non-hydrogen) atoms. The molecule has 5 nitrogen and oxygen atoms in total. The lowest BCUT2D eigenvalue weighted by atomic mass is 10.0. The number of carbonyl (C=O) groups excluding carboxylic acids is 2. The SMILES string of the molecule is Cc1ccc(O)c(C(=O)OCC(=O)N2CCCC[C@H]2C)c1. The first kappa shape index (κ1) is 15.4. The summed E-state index contributed by atoms with van der Waals surface area (Å²) in [7, 11) is 0. The summed E-state index contributed by atoms with van der Waals surface area (Å²) in [5, 5.41) is 9.67. The molecule has 1 aromatic carbocycles. The van der Waals surface area contributed by atoms with Crippen molar-refractivity contribution in [3.63, 3.8) is 0 Å². The number of nitrogens with zero attached hydrogens (tertiary/aromatic N) is 1. The highest BCUT2D eigenvalue weighted by Gasteiger charge is 2.24. The van der Waals surface area contributed by atoms with Crippen molar-refractivity contribution in [1.29, 1.82) is 0 Å². The van der Waals surface area contributed by atoms with Crippen molar-refractivity contribution in [3.8, 4) is 5.75 Å². The van der Waals surface area contributed by atoms with Gasteiger partial charge < -0.3 is 14.7 Å². The molecule has 1 aliphatic rings. The Hall–Kier alpha value is -2.04. The van der Waals surface area contributed by atoms with Crippen molar-refractivity contribution < 1.29 is 19.4 Å². The van der Waals surface area contributed by atoms with Crippen LogP contribution < -0.4 is 0 Å². The third kappa shape index (κ3) is 3.74. The molecule has 0 saturated carbocycles. The Morgan fingerprint density at radius 1 is 1.38 bits per heavy atom. The number of benzene rings is 1. The van der Waals surface area contributed by atoms with Crippen LogP contribution in [0.1, 0.15) is 42.1 Å². The maximum Gasteiger partial charge on any atom is 0.342 e. The molecule has 1 aliphatic heterocycles. The molecule has 1 heterocycles. The number of hydrogen-bond donors (Lipinski definition) is 1. The van der Waals surface area contributed by atoms with Gasteiger partial charge in [0, 0.05) is 12.6 Å². The van der Waals surface area contributed by atoms with E-state index in [-0.39, 0.29) is 29.9 Å². The standard InChI is InChI=1S/C16H21NO4/c1-11-6-7-14(18)13(9-11)16(20)21-10-15(19)17-8-4-3-5-12(17)2/h6-7,9,12,18H,3-5,8,10H2,1-2H3/t12-/m1/s1. The topological polar surface area (TPSA) is 66.8 Å². The highest BCUT2D eigenvalue weighted by molar-refractivity contribution is 5.94. The van der Waals surface area contributed by atoms with Gasteiger partial charge in [0.2, 0.25) is 0 Å². The average molecular weight is 291 g/mol. The summed E-state index contributed by atoms with van der Waals surface area (Å²) in [5.74, 6) is -0.985. The van der Waals surface area contributed by atoms with Crippen LogP contribution in [-0.4, -0.2) is 41.1 Å². The number of hydrogen-bond acceptors (Lipinski definition) is 4. The van der Waals surface area contributed by atoms with Gasteiger partial charge in [0.15, 0.2) is 6.61 Å². The minimum absolute atomic E-state index is 0.0921. The molecule has 1 N–H and O–H groups in total. The lowest BCUT2D eigenvalue weighted by molar-refractivity contribution is -0.137. The lowest BCUT2D eigenvalue weighted by Crippen LogP contribution is -2.44. The number of aryl methyl sites for hydroxylation is 1. The smallest absolute Gasteiger partial charge is 0.342 e. The summed E-state index contributed by atoms with van der Waals surface area (Å²) >= 11 is 0. The molecule has 2 rings (SSSR count). The summed E-state index contributed by atoms with van der Waals surface area (Å²) in [5.41, 5.74) is 0.935. The Bertz CT molecular complexity index is 541. The van der Waals surface area contributed by atoms with E-state index in [1.807, 2.05) is 13.8 Å². The van der Waals surface area contributed by atoms with Crippen molar-refractivity contribution in [2.45, 2.75) is 39.2 Å². The van der Waals surface area contributed by atoms with E-state index in [1.54, 1.807) is 17.0 Å². The van der Waals surface area contributed by atoms with Crippen LogP contribution in [0, 0.1) is 6.92 Å². The van der Waals surface area contributed by atoms with Gasteiger partial charge in [0.1, 0.15) is 11.3 Å². The molecule has 1 aromatic rings. The average Bonchev–Trinajstić information content (AvgIpc) is 2.47. The van der Waals surface area contributed by atoms with Crippen molar-refractivity contribution in [3.05, 3.63) is 29.3 Å². The number of likely N-dealkylation sites (tertiary alicyclic amines) is 1. The molecule has 0 spiro atoms. The minimum atomic E-state index is -0.672. The summed E-state index contributed by atoms with van der Waals surface area (Å²) < 4.78 is 5.04. The Kier molecular flexibility index (Phi) is 4.83. The fourth-order valence-electron chi connectivity index (χ4n) is 2.57. The van der Waals surface area contributed by atoms with Crippen molar-refractivity contribution in [2.24, 2.45) is 0 Å². The fourth-order valence-corrected chi connectivity index (χ4v) is 2.57. The summed E-state index contributed by atoms with van der Waals surface area (Å²) in [6.07, 6.45) is 3.10. The quantitative estimate of drug-likeness (QED) is 0.867. The van der Waals surface area contributed by atoms with E-state index in [1.165, 1.54) is 6.07 Å². The molecule has 0 aromatic heterocycles. The first-order valence-corrected chi connectivity index (χ1v) is 7.25. The van der Waals surface area contributed by atoms with Gasteiger partial charge >= 0.3 is 5.97 Å². The highest BCUT2D eigenvalue weighted by Crippen LogP contribution is 2.20. The van der Waals surface area contributed by atoms with Gasteiger partial charge in [-0.1, -0.05) is 11.6 Å². The van der Waals surface area contributed by atoms with Crippen LogP contribution in [0.4, 0.5) is 0 Å². The fraction of sp³-hybridized carbons (Fsp3) is 0.500. The zero-order valence-electron chi connectivity index (χ0n) is 12.5. The van der Waals surface area contributed by atoms with Gasteiger partial charge in [-0.15, -0.1) is 0 Å². The monoisotopic (exact) mass is 291 g/mol. The Morgan fingerprint density at radius 3 is 2.86 bits per heavy atom. The molecular formula is C16H21NO4. The van der Waals surface area contributed by atoms with Gasteiger partial charge in [-0.3, -0.25) is 4.79 Å². The molecule has 0 bridgehead atoms. The lowest BCUT2D eigenvalue weighted by Gasteiger charge is -2.33. The van der Waals surface area contributed by atoms with Gasteiger partial charge in [0.05, 0.1) is 0 Å². The number of amides is 1. The van der Waals surface area contributed by atoms with E-state index < -0.39 is 5.97 Å². The third-order valence-electron chi connectivity index (χ3n) is 3.82. The van der Waals surface area contributed by atoms with E-state index in [2.05, 4.69) is 0 Å². The first-order valence-electron chi connectivity index (χ1n) is 7.25. The van der Waals surface area contributed by atoms with E-state index in [9.17, 15) is 14.7 Å². The number of piperidine rings is 1. The number of ether oxygens (including phenoxy) is 1. The largest absolute Gasteiger partial charge is 0.507 e. The molecule has 114 valence electrons. The number of phenolic OH excluding ortho intramolecular Hbond substituents is 1. The molecule has 0 radical (unpaired) electrons. The summed E-state index contributed by atoms with van der Waals surface area (Å²) in [6.45, 7) is 4.26. The maximum absolute atomic E-state index is 12.1. The molecule has 1 fully saturated rings. The molecule has 1 atom stereocenters. The molecule has 1 amide bonds. The minimum Gasteiger partial charge on any atom is -0.507 e. The molecular weight excluding hydrogens is 270 g/mol. The highest BCUT2D eigenvalue weighted by atomic mass is 16.5. The van der Waals surface area contributed by atoms with Gasteiger partial charge in [-0.05, 0) is 45.2 Å². The van der Waals surface area contributed by atoms with Crippen LogP contribution in [0.25, 0.3) is 0 Å². The zero-order valence-corrected chi connectivity index (χ0v) is 12.5. The Balaban J connectivity index is 1.94. The molecule has 1 saturated heterocycles. The number of phenols is 1. The predicted octanol–water partition coefficient (Wildman–Crippen LogP) is 2.26. The van der Waals surface area contributed by atoms with E-state index in [0.29, 0.717) is 6.54 Å². The first-order chi connectivity index (χ1) is 9.99. The van der Waals surface area contributed by atoms with Gasteiger partial charge in [0.25, 0.3) is 5.91 Å². The van der Waals surface area contributed by atoms with Crippen LogP contribution in [0.3, 0.4) is 0 Å². The van der Waals surface area contributed by atoms with E-state index >= 15 is 0 Å². The second-order valence-corrected chi connectivity index (χ2v) is 5.53. The number of carbonyl (C=O) groups is 2. The molecule has 0 aliphatic carbocycles. The van der Waals surface area contributed by atoms with Crippen LogP contribution in [0.15, 0.2) is 18.2 Å². The van der Waals surface area contributed by atoms with Crippen molar-refractivity contribution in [2.75, 3.05) is 13.2 Å². The van der Waals surface area contributed by atoms with Crippen LogP contribution >= 0.6 is 0 Å². The van der Waals surface area contributed by atoms with Crippen LogP contribution in [0.5, 0.6) is 5.75 Å². The number of rotatable bonds is 3. The summed E-state index contributed by atoms with van der Waals surface area (Å²) in [4.78, 5) is 25.8. The molecule has 0 unspecified atom stereocenters. The van der Waals surface area contributed by atoms with Gasteiger partial charge in [-0.2, -0.15) is 0 Å². The van der Waals surface area contributed by atoms with Gasteiger partial charge in [-0.25, -0.2) is 4.79 Å². The Labute approximate surface area is 124 Å². The van der Waals surface area contributed by atoms with Crippen LogP contribution in [0.2, 0.25) is 0 Å². The zero-order chi connectivity index (χ0) is 15.4. The Morgan fingerprint density at radius 2 is 2.14 bits per heavy atom. The normalized spacial score (nSPS) is 18.4. The third-order valence-corrected chi connectivity index (χ3v) is 3.82. The maximum atomic E-state index is 12.1. The van der Waals surface area contributed by atoms with Crippen molar-refractivity contribution in [1.82, 2.24) is 4.90 Å². The second kappa shape index (κ2) is 6.61. The van der Waals surface area contributed by atoms with E-state index in [4.69, 9.17) is 4.74 Å². The predicted molar refractivity (Wildman–Crippen MR) is 78.2 cm³/mol. The van der Waals surface area contributed by atoms with Crippen molar-refractivity contribution >= 4 is 11.9 Å². The van der Waals surface area contributed by atoms with E-state index in [0.717, 1.165) is 24.8 Å². The second-order valence-electron chi connectivity index (χ2n) is 5.53. The summed E-state index contributed by atoms with van der Waals surface area (Å²) in [6, 6.07) is 4.89. The number of esters is 1. The van der Waals surface area contributed by atoms with Crippen LogP contribution in [-0.2, 0) is 9.53 Å². The number of aromatic hydroxyl groups is 1.